The third-order valence-corrected chi connectivity index (χ3v) is 1.26. The standard InChI is InChI=1S/C4H11N3.ClH/c5-4-1-2-7(6)3-4;/h4H,1-3,5-6H2;1H. The third-order valence-electron chi connectivity index (χ3n) is 1.26. The molecule has 1 saturated heterocycles. The van der Waals surface area contributed by atoms with Crippen molar-refractivity contribution in [3.05, 3.63) is 0 Å². The van der Waals surface area contributed by atoms with Gasteiger partial charge < -0.3 is 5.73 Å². The number of hydrogen-bond acceptors (Lipinski definition) is 3. The smallest absolute Gasteiger partial charge is 0.0281 e. The first-order valence-corrected chi connectivity index (χ1v) is 2.54. The average molecular weight is 138 g/mol. The number of nitrogens with two attached hydrogens (primary N) is 2. The minimum atomic E-state index is 0. The van der Waals surface area contributed by atoms with Crippen LogP contribution in [-0.2, 0) is 0 Å². The highest BCUT2D eigenvalue weighted by Crippen LogP contribution is 1.99. The summed E-state index contributed by atoms with van der Waals surface area (Å²) in [5, 5.41) is 1.75. The molecule has 0 aromatic heterocycles. The van der Waals surface area contributed by atoms with Gasteiger partial charge in [0.1, 0.15) is 0 Å². The Labute approximate surface area is 55.4 Å². The van der Waals surface area contributed by atoms with E-state index in [9.17, 15) is 0 Å². The van der Waals surface area contributed by atoms with Crippen molar-refractivity contribution in [1.82, 2.24) is 5.01 Å². The summed E-state index contributed by atoms with van der Waals surface area (Å²) in [6.45, 7) is 1.82. The molecule has 4 heteroatoms. The topological polar surface area (TPSA) is 55.3 Å². The van der Waals surface area contributed by atoms with Crippen LogP contribution in [-0.4, -0.2) is 24.1 Å². The van der Waals surface area contributed by atoms with Gasteiger partial charge >= 0.3 is 0 Å². The zero-order valence-corrected chi connectivity index (χ0v) is 5.53. The van der Waals surface area contributed by atoms with E-state index in [1.165, 1.54) is 0 Å². The highest BCUT2D eigenvalue weighted by Gasteiger charge is 2.14. The monoisotopic (exact) mass is 137 g/mol. The maximum atomic E-state index is 5.50. The van der Waals surface area contributed by atoms with Crippen molar-refractivity contribution in [2.75, 3.05) is 13.1 Å². The molecule has 0 aliphatic carbocycles. The minimum Gasteiger partial charge on any atom is -0.326 e. The van der Waals surface area contributed by atoms with Gasteiger partial charge in [-0.05, 0) is 6.42 Å². The molecule has 0 saturated carbocycles. The van der Waals surface area contributed by atoms with Crippen molar-refractivity contribution in [3.8, 4) is 0 Å². The summed E-state index contributed by atoms with van der Waals surface area (Å²) in [6.07, 6.45) is 1.05. The van der Waals surface area contributed by atoms with Gasteiger partial charge in [0.05, 0.1) is 0 Å². The first-order chi connectivity index (χ1) is 3.29. The van der Waals surface area contributed by atoms with E-state index in [1.807, 2.05) is 0 Å². The zero-order chi connectivity index (χ0) is 5.28. The maximum absolute atomic E-state index is 5.50. The van der Waals surface area contributed by atoms with Crippen LogP contribution in [0.15, 0.2) is 0 Å². The van der Waals surface area contributed by atoms with Gasteiger partial charge in [-0.3, -0.25) is 5.84 Å². The summed E-state index contributed by atoms with van der Waals surface area (Å²) in [6, 6.07) is 0.324. The van der Waals surface area contributed by atoms with Crippen LogP contribution in [0.4, 0.5) is 0 Å². The average Bonchev–Trinajstić information content (AvgIpc) is 1.87. The zero-order valence-electron chi connectivity index (χ0n) is 4.71. The molecule has 50 valence electrons. The molecule has 1 fully saturated rings. The van der Waals surface area contributed by atoms with E-state index in [0.29, 0.717) is 6.04 Å². The van der Waals surface area contributed by atoms with Gasteiger partial charge in [0.15, 0.2) is 0 Å². The van der Waals surface area contributed by atoms with Crippen LogP contribution in [0.1, 0.15) is 6.42 Å². The molecule has 0 radical (unpaired) electrons. The molecular weight excluding hydrogens is 126 g/mol. The largest absolute Gasteiger partial charge is 0.326 e. The van der Waals surface area contributed by atoms with Crippen LogP contribution in [0, 0.1) is 0 Å². The first kappa shape index (κ1) is 8.17. The van der Waals surface area contributed by atoms with E-state index >= 15 is 0 Å². The van der Waals surface area contributed by atoms with E-state index in [2.05, 4.69) is 0 Å². The lowest BCUT2D eigenvalue weighted by atomic mass is 10.3. The van der Waals surface area contributed by atoms with E-state index in [-0.39, 0.29) is 12.4 Å². The summed E-state index contributed by atoms with van der Waals surface area (Å²) in [4.78, 5) is 0. The lowest BCUT2D eigenvalue weighted by Crippen LogP contribution is -2.31. The number of nitrogens with zero attached hydrogens (tertiary/aromatic N) is 1. The Balaban J connectivity index is 0.000000490. The van der Waals surface area contributed by atoms with E-state index in [0.717, 1.165) is 19.5 Å². The summed E-state index contributed by atoms with van der Waals surface area (Å²) >= 11 is 0. The molecule has 3 nitrogen and oxygen atoms in total. The van der Waals surface area contributed by atoms with Gasteiger partial charge in [-0.15, -0.1) is 12.4 Å². The molecule has 1 rings (SSSR count). The van der Waals surface area contributed by atoms with Crippen molar-refractivity contribution >= 4 is 12.4 Å². The van der Waals surface area contributed by atoms with Crippen molar-refractivity contribution in [3.63, 3.8) is 0 Å². The SMILES string of the molecule is Cl.NC1CCN(N)C1. The Morgan fingerprint density at radius 3 is 2.25 bits per heavy atom. The van der Waals surface area contributed by atoms with Crippen molar-refractivity contribution in [1.29, 1.82) is 0 Å². The molecule has 0 aromatic rings. The number of hydrogen-bond donors (Lipinski definition) is 2. The lowest BCUT2D eigenvalue weighted by Gasteiger charge is -2.03. The summed E-state index contributed by atoms with van der Waals surface area (Å²) in [7, 11) is 0. The molecule has 1 unspecified atom stereocenters. The minimum absolute atomic E-state index is 0. The Morgan fingerprint density at radius 2 is 2.12 bits per heavy atom. The second-order valence-electron chi connectivity index (χ2n) is 2.04. The number of halogens is 1. The molecule has 1 atom stereocenters. The van der Waals surface area contributed by atoms with Crippen LogP contribution >= 0.6 is 12.4 Å². The fourth-order valence-electron chi connectivity index (χ4n) is 0.815. The van der Waals surface area contributed by atoms with Crippen LogP contribution in [0.5, 0.6) is 0 Å². The Kier molecular flexibility index (Phi) is 3.31. The van der Waals surface area contributed by atoms with Crippen LogP contribution < -0.4 is 11.6 Å². The van der Waals surface area contributed by atoms with Crippen LogP contribution in [0.25, 0.3) is 0 Å². The number of rotatable bonds is 0. The van der Waals surface area contributed by atoms with E-state index < -0.39 is 0 Å². The van der Waals surface area contributed by atoms with Gasteiger partial charge in [-0.1, -0.05) is 0 Å². The van der Waals surface area contributed by atoms with Crippen molar-refractivity contribution in [2.24, 2.45) is 11.6 Å². The fraction of sp³-hybridized carbons (Fsp3) is 1.00. The predicted molar refractivity (Wildman–Crippen MR) is 35.6 cm³/mol. The summed E-state index contributed by atoms with van der Waals surface area (Å²) in [5.74, 6) is 5.38. The molecule has 1 aliphatic heterocycles. The number of hydrazine groups is 1. The van der Waals surface area contributed by atoms with Gasteiger partial charge in [-0.2, -0.15) is 0 Å². The van der Waals surface area contributed by atoms with Crippen LogP contribution in [0.3, 0.4) is 0 Å². The quantitative estimate of drug-likeness (QED) is 0.435. The molecule has 0 bridgehead atoms. The molecule has 0 aromatic carbocycles. The second kappa shape index (κ2) is 3.25. The Hall–Kier alpha value is 0.170. The van der Waals surface area contributed by atoms with E-state index in [4.69, 9.17) is 11.6 Å². The Bertz CT molecular complexity index is 60.3. The van der Waals surface area contributed by atoms with Gasteiger partial charge in [0.25, 0.3) is 0 Å². The molecule has 0 amide bonds. The second-order valence-corrected chi connectivity index (χ2v) is 2.04. The third kappa shape index (κ3) is 1.96. The molecule has 8 heavy (non-hydrogen) atoms. The van der Waals surface area contributed by atoms with Gasteiger partial charge in [-0.25, -0.2) is 5.01 Å². The molecular formula is C4H12ClN3. The lowest BCUT2D eigenvalue weighted by molar-refractivity contribution is 0.350. The maximum Gasteiger partial charge on any atom is 0.0281 e. The van der Waals surface area contributed by atoms with Gasteiger partial charge in [0.2, 0.25) is 0 Å². The Morgan fingerprint density at radius 1 is 1.50 bits per heavy atom. The normalized spacial score (nSPS) is 30.0. The van der Waals surface area contributed by atoms with Gasteiger partial charge in [0, 0.05) is 19.1 Å². The van der Waals surface area contributed by atoms with Crippen LogP contribution in [0.2, 0.25) is 0 Å². The molecule has 1 heterocycles. The van der Waals surface area contributed by atoms with E-state index in [1.54, 1.807) is 5.01 Å². The molecule has 0 spiro atoms. The highest BCUT2D eigenvalue weighted by atomic mass is 35.5. The summed E-state index contributed by atoms with van der Waals surface area (Å²) < 4.78 is 0. The fourth-order valence-corrected chi connectivity index (χ4v) is 0.815. The first-order valence-electron chi connectivity index (χ1n) is 2.54. The molecule has 4 N–H and O–H groups in total. The highest BCUT2D eigenvalue weighted by molar-refractivity contribution is 5.85. The summed E-state index contributed by atoms with van der Waals surface area (Å²) in [5.41, 5.74) is 5.50. The predicted octanol–water partition coefficient (Wildman–Crippen LogP) is -0.685. The molecule has 1 aliphatic rings. The van der Waals surface area contributed by atoms with Crippen molar-refractivity contribution in [2.45, 2.75) is 12.5 Å². The van der Waals surface area contributed by atoms with Crippen molar-refractivity contribution < 1.29 is 0 Å².